The molecule has 4 nitrogen and oxygen atoms in total. The van der Waals surface area contributed by atoms with Crippen molar-refractivity contribution in [2.45, 2.75) is 57.8 Å². The molecule has 6 heteroatoms. The van der Waals surface area contributed by atoms with Crippen LogP contribution in [0, 0.1) is 0 Å². The first kappa shape index (κ1) is 21.4. The molecule has 124 valence electrons. The zero-order valence-corrected chi connectivity index (χ0v) is 16.9. The summed E-state index contributed by atoms with van der Waals surface area (Å²) in [5.74, 6) is -0.157. The molecule has 0 aliphatic rings. The van der Waals surface area contributed by atoms with Crippen molar-refractivity contribution in [1.29, 1.82) is 0 Å². The van der Waals surface area contributed by atoms with Crippen molar-refractivity contribution < 1.29 is 19.1 Å². The van der Waals surface area contributed by atoms with E-state index in [1.165, 1.54) is 0 Å². The Labute approximate surface area is 155 Å². The van der Waals surface area contributed by atoms with Crippen LogP contribution < -0.4 is 0 Å². The fraction of sp³-hybridized carbons (Fsp3) is 0.867. The van der Waals surface area contributed by atoms with Crippen LogP contribution in [0.25, 0.3) is 0 Å². The summed E-state index contributed by atoms with van der Waals surface area (Å²) in [5.41, 5.74) is 0. The molecule has 0 atom stereocenters. The molecule has 0 spiro atoms. The van der Waals surface area contributed by atoms with Crippen LogP contribution in [0.3, 0.4) is 0 Å². The summed E-state index contributed by atoms with van der Waals surface area (Å²) in [4.78, 5) is 22.5. The highest BCUT2D eigenvalue weighted by atomic mass is 127. The predicted molar refractivity (Wildman–Crippen MR) is 101 cm³/mol. The maximum Gasteiger partial charge on any atom is 0.305 e. The van der Waals surface area contributed by atoms with Crippen LogP contribution in [0.4, 0.5) is 0 Å². The number of halogens is 2. The minimum Gasteiger partial charge on any atom is -0.466 e. The molecule has 0 radical (unpaired) electrons. The zero-order valence-electron chi connectivity index (χ0n) is 12.6. The summed E-state index contributed by atoms with van der Waals surface area (Å²) in [6.45, 7) is 1.07. The lowest BCUT2D eigenvalue weighted by atomic mass is 10.1. The van der Waals surface area contributed by atoms with Crippen molar-refractivity contribution in [3.8, 4) is 0 Å². The molecule has 0 saturated carbocycles. The number of unbranched alkanes of at least 4 members (excludes halogenated alkanes) is 4. The SMILES string of the molecule is O=C(CCCI)OCCCCCCCOC(=O)CCCI. The minimum absolute atomic E-state index is 0.0786. The van der Waals surface area contributed by atoms with E-state index >= 15 is 0 Å². The second-order valence-electron chi connectivity index (χ2n) is 4.79. The Kier molecular flexibility index (Phi) is 17.1. The number of hydrogen-bond donors (Lipinski definition) is 0. The van der Waals surface area contributed by atoms with E-state index in [9.17, 15) is 9.59 Å². The molecule has 21 heavy (non-hydrogen) atoms. The second kappa shape index (κ2) is 16.8. The molecular formula is C15H26I2O4. The van der Waals surface area contributed by atoms with Crippen molar-refractivity contribution in [1.82, 2.24) is 0 Å². The fourth-order valence-electron chi connectivity index (χ4n) is 1.67. The number of carbonyl (C=O) groups is 2. The van der Waals surface area contributed by atoms with E-state index < -0.39 is 0 Å². The van der Waals surface area contributed by atoms with Crippen LogP contribution in [0.1, 0.15) is 57.8 Å². The van der Waals surface area contributed by atoms with Gasteiger partial charge in [0.2, 0.25) is 0 Å². The summed E-state index contributed by atoms with van der Waals surface area (Å²) >= 11 is 4.52. The smallest absolute Gasteiger partial charge is 0.305 e. The molecule has 0 N–H and O–H groups in total. The van der Waals surface area contributed by atoms with Crippen molar-refractivity contribution >= 4 is 57.1 Å². The molecule has 0 aromatic rings. The van der Waals surface area contributed by atoms with Crippen LogP contribution >= 0.6 is 45.2 Å². The van der Waals surface area contributed by atoms with Crippen LogP contribution in [-0.2, 0) is 19.1 Å². The van der Waals surface area contributed by atoms with Crippen LogP contribution in [-0.4, -0.2) is 34.0 Å². The Hall–Kier alpha value is 0.400. The van der Waals surface area contributed by atoms with Gasteiger partial charge in [-0.1, -0.05) is 64.4 Å². The minimum atomic E-state index is -0.0786. The first-order valence-corrected chi connectivity index (χ1v) is 10.7. The van der Waals surface area contributed by atoms with Gasteiger partial charge in [-0.3, -0.25) is 9.59 Å². The van der Waals surface area contributed by atoms with Crippen molar-refractivity contribution in [3.05, 3.63) is 0 Å². The molecule has 0 rings (SSSR count). The molecule has 0 aliphatic heterocycles. The summed E-state index contributed by atoms with van der Waals surface area (Å²) in [6.07, 6.45) is 7.92. The van der Waals surface area contributed by atoms with Crippen LogP contribution in [0.15, 0.2) is 0 Å². The highest BCUT2D eigenvalue weighted by molar-refractivity contribution is 14.1. The van der Waals surface area contributed by atoms with E-state index in [0.717, 1.165) is 53.8 Å². The van der Waals surface area contributed by atoms with Crippen LogP contribution in [0.2, 0.25) is 0 Å². The maximum atomic E-state index is 11.2. The zero-order chi connectivity index (χ0) is 15.8. The Morgan fingerprint density at radius 2 is 1.00 bits per heavy atom. The van der Waals surface area contributed by atoms with Crippen molar-refractivity contribution in [2.75, 3.05) is 22.1 Å². The predicted octanol–water partition coefficient (Wildman–Crippen LogP) is 4.45. The molecule has 0 aromatic heterocycles. The number of ether oxygens (including phenoxy) is 2. The van der Waals surface area contributed by atoms with E-state index in [1.54, 1.807) is 0 Å². The van der Waals surface area contributed by atoms with Crippen molar-refractivity contribution in [2.24, 2.45) is 0 Å². The lowest BCUT2D eigenvalue weighted by Gasteiger charge is -2.05. The van der Waals surface area contributed by atoms with Crippen molar-refractivity contribution in [3.63, 3.8) is 0 Å². The van der Waals surface area contributed by atoms with Gasteiger partial charge in [-0.2, -0.15) is 0 Å². The topological polar surface area (TPSA) is 52.6 Å². The van der Waals surface area contributed by atoms with Gasteiger partial charge in [0, 0.05) is 21.7 Å². The highest BCUT2D eigenvalue weighted by Gasteiger charge is 2.02. The summed E-state index contributed by atoms with van der Waals surface area (Å²) in [7, 11) is 0. The Morgan fingerprint density at radius 1 is 0.619 bits per heavy atom. The number of alkyl halides is 2. The highest BCUT2D eigenvalue weighted by Crippen LogP contribution is 2.05. The fourth-order valence-corrected chi connectivity index (χ4v) is 2.44. The molecule has 0 fully saturated rings. The largest absolute Gasteiger partial charge is 0.466 e. The molecule has 0 bridgehead atoms. The van der Waals surface area contributed by atoms with E-state index in [0.29, 0.717) is 26.1 Å². The van der Waals surface area contributed by atoms with E-state index in [-0.39, 0.29) is 11.9 Å². The van der Waals surface area contributed by atoms with Gasteiger partial charge in [0.25, 0.3) is 0 Å². The Morgan fingerprint density at radius 3 is 1.38 bits per heavy atom. The van der Waals surface area contributed by atoms with Gasteiger partial charge in [-0.25, -0.2) is 0 Å². The Bertz CT molecular complexity index is 246. The first-order valence-electron chi connectivity index (χ1n) is 7.64. The second-order valence-corrected chi connectivity index (χ2v) is 6.95. The lowest BCUT2D eigenvalue weighted by Crippen LogP contribution is -2.06. The van der Waals surface area contributed by atoms with E-state index in [4.69, 9.17) is 9.47 Å². The first-order chi connectivity index (χ1) is 10.2. The Balaban J connectivity index is 3.19. The number of carbonyl (C=O) groups excluding carboxylic acids is 2. The van der Waals surface area contributed by atoms with E-state index in [1.807, 2.05) is 0 Å². The normalized spacial score (nSPS) is 10.4. The van der Waals surface area contributed by atoms with Gasteiger partial charge in [0.15, 0.2) is 0 Å². The standard InChI is InChI=1S/C15H26I2O4/c16-10-6-8-14(18)20-12-4-2-1-3-5-13-21-15(19)9-7-11-17/h1-13H2. The van der Waals surface area contributed by atoms with E-state index in [2.05, 4.69) is 45.2 Å². The average molecular weight is 524 g/mol. The van der Waals surface area contributed by atoms with Gasteiger partial charge in [-0.05, 0) is 25.7 Å². The van der Waals surface area contributed by atoms with Gasteiger partial charge >= 0.3 is 11.9 Å². The lowest BCUT2D eigenvalue weighted by molar-refractivity contribution is -0.144. The van der Waals surface area contributed by atoms with Crippen LogP contribution in [0.5, 0.6) is 0 Å². The monoisotopic (exact) mass is 524 g/mol. The number of hydrogen-bond acceptors (Lipinski definition) is 4. The third-order valence-electron chi connectivity index (χ3n) is 2.84. The molecule has 0 amide bonds. The van der Waals surface area contributed by atoms with Gasteiger partial charge < -0.3 is 9.47 Å². The summed E-state index contributed by atoms with van der Waals surface area (Å²) in [5, 5.41) is 0. The molecular weight excluding hydrogens is 498 g/mol. The third kappa shape index (κ3) is 16.6. The third-order valence-corrected chi connectivity index (χ3v) is 4.37. The average Bonchev–Trinajstić information content (AvgIpc) is 2.49. The quantitative estimate of drug-likeness (QED) is 0.146. The summed E-state index contributed by atoms with van der Waals surface area (Å²) < 4.78 is 12.2. The maximum absolute atomic E-state index is 11.2. The molecule has 0 heterocycles. The van der Waals surface area contributed by atoms with Gasteiger partial charge in [-0.15, -0.1) is 0 Å². The molecule has 0 unspecified atom stereocenters. The van der Waals surface area contributed by atoms with Gasteiger partial charge in [0.05, 0.1) is 13.2 Å². The van der Waals surface area contributed by atoms with Gasteiger partial charge in [0.1, 0.15) is 0 Å². The number of rotatable bonds is 14. The number of esters is 2. The molecule has 0 aliphatic carbocycles. The molecule has 0 saturated heterocycles. The summed E-state index contributed by atoms with van der Waals surface area (Å²) in [6, 6.07) is 0. The molecule has 0 aromatic carbocycles.